The van der Waals surface area contributed by atoms with Crippen LogP contribution >= 0.6 is 0 Å². The maximum atomic E-state index is 5.49. The van der Waals surface area contributed by atoms with E-state index in [9.17, 15) is 0 Å². The summed E-state index contributed by atoms with van der Waals surface area (Å²) in [5, 5.41) is 14.2. The number of anilines is 2. The predicted molar refractivity (Wildman–Crippen MR) is 77.2 cm³/mol. The number of nitrogens with zero attached hydrogens (tertiary/aromatic N) is 2. The quantitative estimate of drug-likeness (QED) is 0.810. The van der Waals surface area contributed by atoms with Crippen LogP contribution < -0.4 is 15.4 Å². The SMILES string of the molecule is CCOc1ccc(Nc2nnc(CNC(C)C)o2)cc1. The third kappa shape index (κ3) is 4.24. The van der Waals surface area contributed by atoms with Crippen molar-refractivity contribution in [3.63, 3.8) is 0 Å². The van der Waals surface area contributed by atoms with Crippen molar-refractivity contribution in [3.05, 3.63) is 30.2 Å². The Kier molecular flexibility index (Phi) is 4.95. The van der Waals surface area contributed by atoms with Crippen molar-refractivity contribution < 1.29 is 9.15 Å². The molecule has 1 aromatic heterocycles. The van der Waals surface area contributed by atoms with Gasteiger partial charge in [-0.15, -0.1) is 5.10 Å². The van der Waals surface area contributed by atoms with Crippen molar-refractivity contribution in [1.29, 1.82) is 0 Å². The summed E-state index contributed by atoms with van der Waals surface area (Å²) >= 11 is 0. The highest BCUT2D eigenvalue weighted by atomic mass is 16.5. The van der Waals surface area contributed by atoms with E-state index in [0.29, 0.717) is 31.1 Å². The zero-order valence-corrected chi connectivity index (χ0v) is 12.0. The first kappa shape index (κ1) is 14.3. The van der Waals surface area contributed by atoms with Crippen LogP contribution in [0.5, 0.6) is 5.75 Å². The molecule has 0 spiro atoms. The molecule has 20 heavy (non-hydrogen) atoms. The smallest absolute Gasteiger partial charge is 0.320 e. The van der Waals surface area contributed by atoms with Crippen LogP contribution in [0.3, 0.4) is 0 Å². The lowest BCUT2D eigenvalue weighted by Gasteiger charge is -2.05. The molecule has 0 saturated heterocycles. The average molecular weight is 276 g/mol. The van der Waals surface area contributed by atoms with Crippen LogP contribution in [-0.4, -0.2) is 22.8 Å². The van der Waals surface area contributed by atoms with E-state index in [1.165, 1.54) is 0 Å². The lowest BCUT2D eigenvalue weighted by Crippen LogP contribution is -2.21. The fourth-order valence-corrected chi connectivity index (χ4v) is 1.59. The van der Waals surface area contributed by atoms with E-state index in [2.05, 4.69) is 34.7 Å². The second-order valence-electron chi connectivity index (χ2n) is 4.62. The molecule has 108 valence electrons. The Balaban J connectivity index is 1.92. The molecule has 0 aliphatic carbocycles. The van der Waals surface area contributed by atoms with E-state index in [4.69, 9.17) is 9.15 Å². The van der Waals surface area contributed by atoms with E-state index in [1.54, 1.807) is 0 Å². The summed E-state index contributed by atoms with van der Waals surface area (Å²) in [6, 6.07) is 8.36. The van der Waals surface area contributed by atoms with Gasteiger partial charge in [0.05, 0.1) is 13.2 Å². The molecule has 2 rings (SSSR count). The molecule has 6 nitrogen and oxygen atoms in total. The van der Waals surface area contributed by atoms with Crippen molar-refractivity contribution in [2.75, 3.05) is 11.9 Å². The first-order valence-corrected chi connectivity index (χ1v) is 6.73. The summed E-state index contributed by atoms with van der Waals surface area (Å²) in [7, 11) is 0. The number of hydrogen-bond acceptors (Lipinski definition) is 6. The van der Waals surface area contributed by atoms with Gasteiger partial charge in [-0.05, 0) is 31.2 Å². The Morgan fingerprint density at radius 1 is 1.20 bits per heavy atom. The van der Waals surface area contributed by atoms with Gasteiger partial charge in [-0.3, -0.25) is 0 Å². The monoisotopic (exact) mass is 276 g/mol. The predicted octanol–water partition coefficient (Wildman–Crippen LogP) is 2.71. The summed E-state index contributed by atoms with van der Waals surface area (Å²) in [5.41, 5.74) is 0.875. The van der Waals surface area contributed by atoms with Crippen molar-refractivity contribution in [3.8, 4) is 5.75 Å². The topological polar surface area (TPSA) is 72.2 Å². The molecule has 1 aromatic carbocycles. The highest BCUT2D eigenvalue weighted by molar-refractivity contribution is 5.53. The van der Waals surface area contributed by atoms with Gasteiger partial charge in [0.25, 0.3) is 0 Å². The zero-order chi connectivity index (χ0) is 14.4. The van der Waals surface area contributed by atoms with Gasteiger partial charge in [0, 0.05) is 11.7 Å². The first-order valence-electron chi connectivity index (χ1n) is 6.73. The second-order valence-corrected chi connectivity index (χ2v) is 4.62. The fourth-order valence-electron chi connectivity index (χ4n) is 1.59. The molecular formula is C14H20N4O2. The van der Waals surface area contributed by atoms with Gasteiger partial charge in [0.1, 0.15) is 5.75 Å². The normalized spacial score (nSPS) is 10.8. The maximum Gasteiger partial charge on any atom is 0.320 e. The molecule has 0 amide bonds. The molecule has 0 aliphatic heterocycles. The maximum absolute atomic E-state index is 5.49. The molecule has 0 bridgehead atoms. The lowest BCUT2D eigenvalue weighted by atomic mass is 10.3. The van der Waals surface area contributed by atoms with Crippen LogP contribution in [0.15, 0.2) is 28.7 Å². The lowest BCUT2D eigenvalue weighted by molar-refractivity contribution is 0.340. The largest absolute Gasteiger partial charge is 0.494 e. The number of nitrogens with one attached hydrogen (secondary N) is 2. The Labute approximate surface area is 118 Å². The van der Waals surface area contributed by atoms with Crippen LogP contribution in [0, 0.1) is 0 Å². The molecule has 0 fully saturated rings. The Morgan fingerprint density at radius 2 is 1.95 bits per heavy atom. The van der Waals surface area contributed by atoms with Crippen molar-refractivity contribution in [1.82, 2.24) is 15.5 Å². The highest BCUT2D eigenvalue weighted by Crippen LogP contribution is 2.19. The minimum Gasteiger partial charge on any atom is -0.494 e. The summed E-state index contributed by atoms with van der Waals surface area (Å²) in [6.07, 6.45) is 0. The third-order valence-corrected chi connectivity index (χ3v) is 2.54. The first-order chi connectivity index (χ1) is 9.67. The van der Waals surface area contributed by atoms with E-state index < -0.39 is 0 Å². The minimum absolute atomic E-state index is 0.379. The average Bonchev–Trinajstić information content (AvgIpc) is 2.87. The summed E-state index contributed by atoms with van der Waals surface area (Å²) in [4.78, 5) is 0. The second kappa shape index (κ2) is 6.91. The van der Waals surface area contributed by atoms with Gasteiger partial charge in [0.2, 0.25) is 5.89 Å². The van der Waals surface area contributed by atoms with Crippen LogP contribution in [0.1, 0.15) is 26.7 Å². The molecule has 0 atom stereocenters. The standard InChI is InChI=1S/C14H20N4O2/c1-4-19-12-7-5-11(6-8-12)16-14-18-17-13(20-14)9-15-10(2)3/h5-8,10,15H,4,9H2,1-3H3,(H,16,18). The number of ether oxygens (including phenoxy) is 1. The number of benzene rings is 1. The van der Waals surface area contributed by atoms with Crippen LogP contribution in [0.4, 0.5) is 11.7 Å². The van der Waals surface area contributed by atoms with Crippen LogP contribution in [0.25, 0.3) is 0 Å². The van der Waals surface area contributed by atoms with Crippen molar-refractivity contribution in [2.45, 2.75) is 33.4 Å². The fraction of sp³-hybridized carbons (Fsp3) is 0.429. The molecule has 0 saturated carbocycles. The number of hydrogen-bond donors (Lipinski definition) is 2. The molecule has 1 heterocycles. The number of aromatic nitrogens is 2. The highest BCUT2D eigenvalue weighted by Gasteiger charge is 2.06. The van der Waals surface area contributed by atoms with E-state index in [0.717, 1.165) is 11.4 Å². The Bertz CT molecular complexity index is 522. The Hall–Kier alpha value is -2.08. The minimum atomic E-state index is 0.379. The van der Waals surface area contributed by atoms with Gasteiger partial charge in [-0.25, -0.2) is 0 Å². The molecule has 2 N–H and O–H groups in total. The van der Waals surface area contributed by atoms with Gasteiger partial charge >= 0.3 is 6.01 Å². The number of rotatable bonds is 7. The zero-order valence-electron chi connectivity index (χ0n) is 12.0. The van der Waals surface area contributed by atoms with Crippen molar-refractivity contribution in [2.24, 2.45) is 0 Å². The molecule has 0 radical (unpaired) electrons. The van der Waals surface area contributed by atoms with Gasteiger partial charge in [0.15, 0.2) is 0 Å². The van der Waals surface area contributed by atoms with Gasteiger partial charge in [-0.2, -0.15) is 0 Å². The third-order valence-electron chi connectivity index (χ3n) is 2.54. The van der Waals surface area contributed by atoms with Crippen molar-refractivity contribution >= 4 is 11.7 Å². The summed E-state index contributed by atoms with van der Waals surface area (Å²) in [5.74, 6) is 1.40. The van der Waals surface area contributed by atoms with E-state index in [1.807, 2.05) is 31.2 Å². The molecule has 0 aliphatic rings. The Morgan fingerprint density at radius 3 is 2.60 bits per heavy atom. The molecule has 0 unspecified atom stereocenters. The van der Waals surface area contributed by atoms with Crippen LogP contribution in [-0.2, 0) is 6.54 Å². The molecular weight excluding hydrogens is 256 g/mol. The molecule has 2 aromatic rings. The summed E-state index contributed by atoms with van der Waals surface area (Å²) < 4.78 is 10.9. The van der Waals surface area contributed by atoms with Gasteiger partial charge < -0.3 is 19.8 Å². The van der Waals surface area contributed by atoms with E-state index >= 15 is 0 Å². The van der Waals surface area contributed by atoms with Gasteiger partial charge in [-0.1, -0.05) is 18.9 Å². The molecule has 6 heteroatoms. The van der Waals surface area contributed by atoms with E-state index in [-0.39, 0.29) is 0 Å². The summed E-state index contributed by atoms with van der Waals surface area (Å²) in [6.45, 7) is 7.31. The van der Waals surface area contributed by atoms with Crippen LogP contribution in [0.2, 0.25) is 0 Å².